The fourth-order valence-electron chi connectivity index (χ4n) is 2.05. The molecule has 4 nitrogen and oxygen atoms in total. The van der Waals surface area contributed by atoms with Crippen molar-refractivity contribution in [2.24, 2.45) is 0 Å². The normalized spacial score (nSPS) is 10.7. The van der Waals surface area contributed by atoms with Crippen LogP contribution < -0.4 is 0 Å². The van der Waals surface area contributed by atoms with Crippen molar-refractivity contribution in [3.8, 4) is 0 Å². The van der Waals surface area contributed by atoms with Gasteiger partial charge in [-0.1, -0.05) is 36.4 Å². The van der Waals surface area contributed by atoms with E-state index in [0.29, 0.717) is 5.56 Å². The van der Waals surface area contributed by atoms with Crippen LogP contribution in [0.4, 0.5) is 0 Å². The van der Waals surface area contributed by atoms with Crippen molar-refractivity contribution in [2.45, 2.75) is 0 Å². The number of rotatable bonds is 3. The summed E-state index contributed by atoms with van der Waals surface area (Å²) in [6, 6.07) is 7.19. The summed E-state index contributed by atoms with van der Waals surface area (Å²) >= 11 is 5.79. The number of halogens is 1. The number of aromatic nitrogens is 3. The summed E-state index contributed by atoms with van der Waals surface area (Å²) in [5.41, 5.74) is 2.71. The van der Waals surface area contributed by atoms with E-state index < -0.39 is 0 Å². The van der Waals surface area contributed by atoms with E-state index in [-0.39, 0.29) is 16.6 Å². The lowest BCUT2D eigenvalue weighted by molar-refractivity contribution is 0.103. The summed E-state index contributed by atoms with van der Waals surface area (Å²) in [6.45, 7) is 3.72. The Morgan fingerprint density at radius 3 is 2.90 bits per heavy atom. The Balaban J connectivity index is 2.10. The average Bonchev–Trinajstić information content (AvgIpc) is 2.89. The number of benzene rings is 1. The van der Waals surface area contributed by atoms with Crippen molar-refractivity contribution in [3.63, 3.8) is 0 Å². The number of fused-ring (bicyclic) bond motifs is 1. The summed E-state index contributed by atoms with van der Waals surface area (Å²) in [6.07, 6.45) is 4.71. The zero-order valence-corrected chi connectivity index (χ0v) is 11.2. The van der Waals surface area contributed by atoms with Gasteiger partial charge in [0.2, 0.25) is 5.78 Å². The van der Waals surface area contributed by atoms with Crippen LogP contribution in [0.25, 0.3) is 17.0 Å². The molecule has 0 atom stereocenters. The van der Waals surface area contributed by atoms with Gasteiger partial charge >= 0.3 is 0 Å². The number of aromatic amines is 1. The lowest BCUT2D eigenvalue weighted by Gasteiger charge is -1.99. The van der Waals surface area contributed by atoms with Gasteiger partial charge in [-0.2, -0.15) is 0 Å². The molecule has 0 aliphatic rings. The number of hydrogen-bond donors (Lipinski definition) is 1. The summed E-state index contributed by atoms with van der Waals surface area (Å²) in [4.78, 5) is 23.3. The van der Waals surface area contributed by atoms with E-state index >= 15 is 0 Å². The van der Waals surface area contributed by atoms with Crippen molar-refractivity contribution < 1.29 is 4.79 Å². The maximum Gasteiger partial charge on any atom is 0.213 e. The molecule has 98 valence electrons. The summed E-state index contributed by atoms with van der Waals surface area (Å²) in [5, 5.41) is 1.09. The second-order valence-corrected chi connectivity index (χ2v) is 4.65. The van der Waals surface area contributed by atoms with Gasteiger partial charge in [0.25, 0.3) is 0 Å². The Morgan fingerprint density at radius 1 is 1.30 bits per heavy atom. The highest BCUT2D eigenvalue weighted by atomic mass is 35.5. The molecule has 0 unspecified atom stereocenters. The molecular weight excluding hydrogens is 274 g/mol. The molecule has 2 heterocycles. The van der Waals surface area contributed by atoms with Gasteiger partial charge in [-0.15, -0.1) is 0 Å². The summed E-state index contributed by atoms with van der Waals surface area (Å²) in [5.74, 6) is -0.188. The number of ketones is 1. The highest BCUT2D eigenvalue weighted by Crippen LogP contribution is 2.22. The quantitative estimate of drug-likeness (QED) is 0.591. The van der Waals surface area contributed by atoms with E-state index in [1.165, 1.54) is 12.4 Å². The standard InChI is InChI=1S/C15H10ClN3O/c1-2-9-3-4-10-11(7-17-12(10)5-9)15(20)13-6-14(16)19-8-18-13/h2-8,17H,1H2. The van der Waals surface area contributed by atoms with Gasteiger partial charge in [0, 0.05) is 28.7 Å². The molecule has 5 heteroatoms. The second kappa shape index (κ2) is 4.90. The first-order valence-corrected chi connectivity index (χ1v) is 6.32. The predicted octanol–water partition coefficient (Wildman–Crippen LogP) is 3.49. The molecule has 20 heavy (non-hydrogen) atoms. The number of nitrogens with zero attached hydrogens (tertiary/aromatic N) is 2. The highest BCUT2D eigenvalue weighted by Gasteiger charge is 2.16. The number of hydrogen-bond acceptors (Lipinski definition) is 3. The Labute approximate surface area is 120 Å². The molecule has 3 aromatic rings. The Kier molecular flexibility index (Phi) is 3.08. The van der Waals surface area contributed by atoms with E-state index in [0.717, 1.165) is 16.5 Å². The van der Waals surface area contributed by atoms with Crippen LogP contribution >= 0.6 is 11.6 Å². The maximum absolute atomic E-state index is 12.4. The van der Waals surface area contributed by atoms with Gasteiger partial charge in [0.15, 0.2) is 0 Å². The van der Waals surface area contributed by atoms with Gasteiger partial charge in [-0.05, 0) is 11.6 Å². The molecule has 3 rings (SSSR count). The van der Waals surface area contributed by atoms with Crippen LogP contribution in [0.15, 0.2) is 43.4 Å². The topological polar surface area (TPSA) is 58.6 Å². The third kappa shape index (κ3) is 2.10. The third-order valence-electron chi connectivity index (χ3n) is 3.05. The molecule has 0 bridgehead atoms. The number of H-pyrrole nitrogens is 1. The Morgan fingerprint density at radius 2 is 2.15 bits per heavy atom. The van der Waals surface area contributed by atoms with Crippen LogP contribution in [0, 0.1) is 0 Å². The van der Waals surface area contributed by atoms with Crippen molar-refractivity contribution in [2.75, 3.05) is 0 Å². The molecule has 1 aromatic carbocycles. The molecule has 0 amide bonds. The molecule has 2 aromatic heterocycles. The first-order valence-electron chi connectivity index (χ1n) is 5.95. The van der Waals surface area contributed by atoms with Crippen LogP contribution in [-0.2, 0) is 0 Å². The van der Waals surface area contributed by atoms with Crippen molar-refractivity contribution >= 4 is 34.4 Å². The zero-order chi connectivity index (χ0) is 14.1. The first-order chi connectivity index (χ1) is 9.69. The van der Waals surface area contributed by atoms with Crippen LogP contribution in [-0.4, -0.2) is 20.7 Å². The molecule has 0 saturated heterocycles. The summed E-state index contributed by atoms with van der Waals surface area (Å²) < 4.78 is 0. The second-order valence-electron chi connectivity index (χ2n) is 4.27. The number of carbonyl (C=O) groups excluding carboxylic acids is 1. The van der Waals surface area contributed by atoms with Crippen molar-refractivity contribution in [1.82, 2.24) is 15.0 Å². The van der Waals surface area contributed by atoms with Crippen LogP contribution in [0.2, 0.25) is 5.15 Å². The highest BCUT2D eigenvalue weighted by molar-refractivity contribution is 6.30. The molecule has 0 saturated carbocycles. The Bertz CT molecular complexity index is 823. The lowest BCUT2D eigenvalue weighted by Crippen LogP contribution is -2.03. The largest absolute Gasteiger partial charge is 0.360 e. The van der Waals surface area contributed by atoms with E-state index in [2.05, 4.69) is 21.5 Å². The van der Waals surface area contributed by atoms with Gasteiger partial charge < -0.3 is 4.98 Å². The van der Waals surface area contributed by atoms with Crippen LogP contribution in [0.1, 0.15) is 21.6 Å². The molecular formula is C15H10ClN3O. The minimum absolute atomic E-state index is 0.188. The monoisotopic (exact) mass is 283 g/mol. The van der Waals surface area contributed by atoms with Crippen LogP contribution in [0.3, 0.4) is 0 Å². The fraction of sp³-hybridized carbons (Fsp3) is 0. The summed E-state index contributed by atoms with van der Waals surface area (Å²) in [7, 11) is 0. The van der Waals surface area contributed by atoms with Crippen molar-refractivity contribution in [3.05, 3.63) is 65.3 Å². The molecule has 0 radical (unpaired) electrons. The molecule has 0 fully saturated rings. The van der Waals surface area contributed by atoms with Gasteiger partial charge in [-0.25, -0.2) is 9.97 Å². The van der Waals surface area contributed by atoms with Gasteiger partial charge in [0.05, 0.1) is 0 Å². The SMILES string of the molecule is C=Cc1ccc2c(C(=O)c3cc(Cl)ncn3)c[nH]c2c1. The molecule has 0 aliphatic carbocycles. The van der Waals surface area contributed by atoms with E-state index in [9.17, 15) is 4.79 Å². The number of carbonyl (C=O) groups is 1. The predicted molar refractivity (Wildman–Crippen MR) is 78.9 cm³/mol. The Hall–Kier alpha value is -2.46. The van der Waals surface area contributed by atoms with E-state index in [4.69, 9.17) is 11.6 Å². The molecule has 0 spiro atoms. The van der Waals surface area contributed by atoms with Crippen LogP contribution in [0.5, 0.6) is 0 Å². The lowest BCUT2D eigenvalue weighted by atomic mass is 10.1. The molecule has 1 N–H and O–H groups in total. The number of nitrogens with one attached hydrogen (secondary N) is 1. The van der Waals surface area contributed by atoms with Gasteiger partial charge in [0.1, 0.15) is 17.2 Å². The first kappa shape index (κ1) is 12.6. The van der Waals surface area contributed by atoms with E-state index in [1.54, 1.807) is 12.3 Å². The smallest absolute Gasteiger partial charge is 0.213 e. The fourth-order valence-corrected chi connectivity index (χ4v) is 2.20. The molecule has 0 aliphatic heterocycles. The third-order valence-corrected chi connectivity index (χ3v) is 3.26. The maximum atomic E-state index is 12.4. The average molecular weight is 284 g/mol. The van der Waals surface area contributed by atoms with Gasteiger partial charge in [-0.3, -0.25) is 4.79 Å². The van der Waals surface area contributed by atoms with E-state index in [1.807, 2.05) is 18.2 Å². The minimum atomic E-state index is -0.188. The zero-order valence-electron chi connectivity index (χ0n) is 10.4. The minimum Gasteiger partial charge on any atom is -0.360 e. The van der Waals surface area contributed by atoms with Crippen molar-refractivity contribution in [1.29, 1.82) is 0 Å².